The highest BCUT2D eigenvalue weighted by molar-refractivity contribution is 7.80. The van der Waals surface area contributed by atoms with Crippen LogP contribution in [0, 0.1) is 0 Å². The van der Waals surface area contributed by atoms with Gasteiger partial charge in [-0.1, -0.05) is 19.1 Å². The van der Waals surface area contributed by atoms with Gasteiger partial charge in [0, 0.05) is 18.2 Å². The first-order valence-electron chi connectivity index (χ1n) is 8.23. The van der Waals surface area contributed by atoms with Crippen molar-refractivity contribution in [2.45, 2.75) is 13.3 Å². The summed E-state index contributed by atoms with van der Waals surface area (Å²) in [7, 11) is 1.44. The van der Waals surface area contributed by atoms with E-state index in [1.165, 1.54) is 7.11 Å². The lowest BCUT2D eigenvalue weighted by Gasteiger charge is -2.18. The minimum Gasteiger partial charge on any atom is -0.494 e. The molecule has 3 rings (SSSR count). The second-order valence-corrected chi connectivity index (χ2v) is 6.14. The van der Waals surface area contributed by atoms with E-state index in [2.05, 4.69) is 10.6 Å². The molecule has 1 heterocycles. The third kappa shape index (κ3) is 3.52. The van der Waals surface area contributed by atoms with E-state index in [-0.39, 0.29) is 11.0 Å². The van der Waals surface area contributed by atoms with Crippen LogP contribution in [0.1, 0.15) is 34.1 Å². The molecular weight excluding hydrogens is 366 g/mol. The fourth-order valence-corrected chi connectivity index (χ4v) is 2.96. The molecule has 0 unspecified atom stereocenters. The highest BCUT2D eigenvalue weighted by Gasteiger charge is 2.37. The van der Waals surface area contributed by atoms with Gasteiger partial charge in [-0.15, -0.1) is 0 Å². The number of rotatable bonds is 4. The van der Waals surface area contributed by atoms with Crippen LogP contribution in [0.5, 0.6) is 5.75 Å². The second kappa shape index (κ2) is 7.55. The van der Waals surface area contributed by atoms with E-state index < -0.39 is 11.8 Å². The smallest absolute Gasteiger partial charge is 0.266 e. The van der Waals surface area contributed by atoms with Crippen LogP contribution in [0.3, 0.4) is 0 Å². The maximum absolute atomic E-state index is 12.7. The van der Waals surface area contributed by atoms with Crippen LogP contribution in [-0.2, 0) is 4.79 Å². The Hall–Kier alpha value is -3.26. The number of benzene rings is 2. The first kappa shape index (κ1) is 18.5. The average molecular weight is 383 g/mol. The molecule has 0 spiro atoms. The van der Waals surface area contributed by atoms with E-state index >= 15 is 0 Å². The van der Waals surface area contributed by atoms with E-state index in [1.54, 1.807) is 49.4 Å². The summed E-state index contributed by atoms with van der Waals surface area (Å²) in [6.07, 6.45) is 0.309. The summed E-state index contributed by atoms with van der Waals surface area (Å²) in [6, 6.07) is 11.5. The molecular formula is C19H17N3O4S. The lowest BCUT2D eigenvalue weighted by molar-refractivity contribution is -0.119. The molecule has 0 saturated heterocycles. The van der Waals surface area contributed by atoms with Crippen LogP contribution in [0.25, 0.3) is 0 Å². The number of ether oxygens (including phenoxy) is 1. The van der Waals surface area contributed by atoms with Crippen molar-refractivity contribution in [3.05, 3.63) is 53.6 Å². The highest BCUT2D eigenvalue weighted by Crippen LogP contribution is 2.36. The Morgan fingerprint density at radius 1 is 1.11 bits per heavy atom. The van der Waals surface area contributed by atoms with Crippen LogP contribution in [0.4, 0.5) is 11.4 Å². The third-order valence-electron chi connectivity index (χ3n) is 4.05. The van der Waals surface area contributed by atoms with Gasteiger partial charge < -0.3 is 15.4 Å². The van der Waals surface area contributed by atoms with Crippen molar-refractivity contribution < 1.29 is 19.1 Å². The number of carbonyl (C=O) groups excluding carboxylic acids is 3. The highest BCUT2D eigenvalue weighted by atomic mass is 32.1. The second-order valence-electron chi connectivity index (χ2n) is 5.73. The molecule has 2 aromatic carbocycles. The number of hydrogen-bond acceptors (Lipinski definition) is 5. The van der Waals surface area contributed by atoms with Gasteiger partial charge in [0.25, 0.3) is 11.8 Å². The van der Waals surface area contributed by atoms with Gasteiger partial charge in [-0.2, -0.15) is 0 Å². The predicted molar refractivity (Wildman–Crippen MR) is 105 cm³/mol. The fraction of sp³-hybridized carbons (Fsp3) is 0.158. The summed E-state index contributed by atoms with van der Waals surface area (Å²) in [6.45, 7) is 1.72. The zero-order valence-electron chi connectivity index (χ0n) is 14.7. The van der Waals surface area contributed by atoms with E-state index in [4.69, 9.17) is 17.0 Å². The normalized spacial score (nSPS) is 12.6. The van der Waals surface area contributed by atoms with Gasteiger partial charge in [-0.25, -0.2) is 4.90 Å². The van der Waals surface area contributed by atoms with Crippen LogP contribution in [-0.4, -0.2) is 29.9 Å². The maximum Gasteiger partial charge on any atom is 0.266 e. The van der Waals surface area contributed by atoms with Crippen LogP contribution in [0.15, 0.2) is 42.5 Å². The Kier molecular flexibility index (Phi) is 5.18. The number of methoxy groups -OCH3 is 1. The van der Waals surface area contributed by atoms with Gasteiger partial charge in [0.1, 0.15) is 5.75 Å². The quantitative estimate of drug-likeness (QED) is 0.624. The molecule has 0 radical (unpaired) electrons. The minimum absolute atomic E-state index is 0.150. The summed E-state index contributed by atoms with van der Waals surface area (Å²) < 4.78 is 5.36. The van der Waals surface area contributed by atoms with Crippen LogP contribution in [0.2, 0.25) is 0 Å². The van der Waals surface area contributed by atoms with E-state index in [0.29, 0.717) is 34.7 Å². The molecule has 0 saturated carbocycles. The third-order valence-corrected chi connectivity index (χ3v) is 4.25. The number of imide groups is 1. The van der Waals surface area contributed by atoms with E-state index in [9.17, 15) is 14.4 Å². The predicted octanol–water partition coefficient (Wildman–Crippen LogP) is 2.72. The zero-order chi connectivity index (χ0) is 19.6. The average Bonchev–Trinajstić information content (AvgIpc) is 2.92. The van der Waals surface area contributed by atoms with Crippen molar-refractivity contribution in [3.63, 3.8) is 0 Å². The molecule has 8 heteroatoms. The van der Waals surface area contributed by atoms with Crippen molar-refractivity contribution in [2.24, 2.45) is 0 Å². The molecule has 27 heavy (non-hydrogen) atoms. The summed E-state index contributed by atoms with van der Waals surface area (Å²) in [5, 5.41) is 5.55. The van der Waals surface area contributed by atoms with Gasteiger partial charge in [-0.05, 0) is 36.5 Å². The maximum atomic E-state index is 12.7. The standard InChI is InChI=1S/C19H17N3O4S/c1-3-16(23)21-19(27)20-11-8-9-14(15(10-11)26-2)22-17(24)12-6-4-5-7-13(12)18(22)25/h4-10H,3H2,1-2H3,(H2,20,21,23,27). The molecule has 0 aromatic heterocycles. The topological polar surface area (TPSA) is 87.7 Å². The van der Waals surface area contributed by atoms with Gasteiger partial charge in [-0.3, -0.25) is 14.4 Å². The first-order chi connectivity index (χ1) is 13.0. The zero-order valence-corrected chi connectivity index (χ0v) is 15.6. The number of thiocarbonyl (C=S) groups is 1. The molecule has 0 fully saturated rings. The van der Waals surface area contributed by atoms with E-state index in [0.717, 1.165) is 4.90 Å². The summed E-state index contributed by atoms with van der Waals surface area (Å²) in [5.41, 5.74) is 1.59. The number of anilines is 2. The molecule has 2 aromatic rings. The molecule has 0 atom stereocenters. The SMILES string of the molecule is CCC(=O)NC(=S)Nc1ccc(N2C(=O)c3ccccc3C2=O)c(OC)c1. The molecule has 138 valence electrons. The molecule has 7 nitrogen and oxygen atoms in total. The molecule has 3 amide bonds. The Bertz CT molecular complexity index is 923. The lowest BCUT2D eigenvalue weighted by atomic mass is 10.1. The van der Waals surface area contributed by atoms with Crippen molar-refractivity contribution >= 4 is 46.4 Å². The molecule has 1 aliphatic rings. The van der Waals surface area contributed by atoms with Crippen molar-refractivity contribution in [1.82, 2.24) is 5.32 Å². The minimum atomic E-state index is -0.402. The van der Waals surface area contributed by atoms with Crippen molar-refractivity contribution in [2.75, 3.05) is 17.3 Å². The Morgan fingerprint density at radius 2 is 1.74 bits per heavy atom. The molecule has 0 bridgehead atoms. The Labute approximate surface area is 161 Å². The number of carbonyl (C=O) groups is 3. The largest absolute Gasteiger partial charge is 0.494 e. The van der Waals surface area contributed by atoms with Crippen molar-refractivity contribution in [3.8, 4) is 5.75 Å². The molecule has 2 N–H and O–H groups in total. The summed E-state index contributed by atoms with van der Waals surface area (Å²) in [5.74, 6) is -0.693. The Morgan fingerprint density at radius 3 is 2.30 bits per heavy atom. The monoisotopic (exact) mass is 383 g/mol. The number of amides is 3. The number of nitrogens with one attached hydrogen (secondary N) is 2. The van der Waals surface area contributed by atoms with Crippen LogP contribution < -0.4 is 20.3 Å². The molecule has 0 aliphatic carbocycles. The van der Waals surface area contributed by atoms with Gasteiger partial charge >= 0.3 is 0 Å². The first-order valence-corrected chi connectivity index (χ1v) is 8.63. The fourth-order valence-electron chi connectivity index (χ4n) is 2.73. The summed E-state index contributed by atoms with van der Waals surface area (Å²) in [4.78, 5) is 37.8. The van der Waals surface area contributed by atoms with Crippen LogP contribution >= 0.6 is 12.2 Å². The Balaban J connectivity index is 1.88. The number of nitrogens with zero attached hydrogens (tertiary/aromatic N) is 1. The van der Waals surface area contributed by atoms with Gasteiger partial charge in [0.2, 0.25) is 5.91 Å². The van der Waals surface area contributed by atoms with E-state index in [1.807, 2.05) is 0 Å². The van der Waals surface area contributed by atoms with Gasteiger partial charge in [0.05, 0.1) is 23.9 Å². The van der Waals surface area contributed by atoms with Crippen molar-refractivity contribution in [1.29, 1.82) is 0 Å². The number of hydrogen-bond donors (Lipinski definition) is 2. The number of fused-ring (bicyclic) bond motifs is 1. The van der Waals surface area contributed by atoms with Gasteiger partial charge in [0.15, 0.2) is 5.11 Å². The lowest BCUT2D eigenvalue weighted by Crippen LogP contribution is -2.33. The summed E-state index contributed by atoms with van der Waals surface area (Å²) >= 11 is 5.08. The molecule has 1 aliphatic heterocycles.